The lowest BCUT2D eigenvalue weighted by molar-refractivity contribution is -0.208. The molecule has 0 radical (unpaired) electrons. The Morgan fingerprint density at radius 1 is 0.818 bits per heavy atom. The van der Waals surface area contributed by atoms with Crippen molar-refractivity contribution in [2.75, 3.05) is 6.61 Å². The molecule has 2 atom stereocenters. The molecule has 44 heavy (non-hydrogen) atoms. The largest absolute Gasteiger partial charge is 0.508 e. The van der Waals surface area contributed by atoms with Gasteiger partial charge in [-0.25, -0.2) is 4.79 Å². The van der Waals surface area contributed by atoms with Crippen molar-refractivity contribution in [2.45, 2.75) is 124 Å². The van der Waals surface area contributed by atoms with E-state index < -0.39 is 5.41 Å². The molecule has 2 aromatic rings. The molecule has 4 bridgehead atoms. The second-order valence-corrected chi connectivity index (χ2v) is 14.4. The molecule has 4 fully saturated rings. The average molecular weight is 607 g/mol. The number of rotatable bonds is 9. The molecule has 4 aliphatic carbocycles. The molecule has 0 spiro atoms. The molecular formula is C39H58O5. The van der Waals surface area contributed by atoms with Crippen LogP contribution >= 0.6 is 0 Å². The highest BCUT2D eigenvalue weighted by atomic mass is 16.6. The second-order valence-electron chi connectivity index (χ2n) is 14.4. The van der Waals surface area contributed by atoms with Gasteiger partial charge in [-0.05, 0) is 131 Å². The number of benzene rings is 2. The fourth-order valence-corrected chi connectivity index (χ4v) is 7.08. The van der Waals surface area contributed by atoms with E-state index >= 15 is 0 Å². The summed E-state index contributed by atoms with van der Waals surface area (Å²) in [6.07, 6.45) is 9.21. The molecule has 2 unspecified atom stereocenters. The molecular weight excluding hydrogens is 548 g/mol. The van der Waals surface area contributed by atoms with Gasteiger partial charge >= 0.3 is 11.9 Å². The fraction of sp³-hybridized carbons (Fsp3) is 0.641. The molecule has 5 nitrogen and oxygen atoms in total. The van der Waals surface area contributed by atoms with E-state index in [1.165, 1.54) is 49.7 Å². The van der Waals surface area contributed by atoms with E-state index in [0.29, 0.717) is 35.8 Å². The minimum Gasteiger partial charge on any atom is -0.508 e. The lowest BCUT2D eigenvalue weighted by Crippen LogP contribution is -2.58. The molecule has 4 aliphatic rings. The number of hydrogen-bond acceptors (Lipinski definition) is 5. The van der Waals surface area contributed by atoms with Crippen LogP contribution in [0.2, 0.25) is 0 Å². The lowest BCUT2D eigenvalue weighted by Gasteiger charge is -2.59. The molecule has 1 N–H and O–H groups in total. The van der Waals surface area contributed by atoms with Crippen LogP contribution in [0.1, 0.15) is 130 Å². The number of phenolic OH excluding ortho intramolecular Hbond substituents is 1. The fourth-order valence-electron chi connectivity index (χ4n) is 7.08. The lowest BCUT2D eigenvalue weighted by atomic mass is 9.50. The Morgan fingerprint density at radius 2 is 1.30 bits per heavy atom. The zero-order valence-corrected chi connectivity index (χ0v) is 28.6. The Labute approximate surface area is 267 Å². The third kappa shape index (κ3) is 9.34. The monoisotopic (exact) mass is 606 g/mol. The topological polar surface area (TPSA) is 72.8 Å². The summed E-state index contributed by atoms with van der Waals surface area (Å²) < 4.78 is 11.1. The first kappa shape index (κ1) is 35.7. The zero-order valence-electron chi connectivity index (χ0n) is 28.6. The van der Waals surface area contributed by atoms with Gasteiger partial charge in [0.25, 0.3) is 0 Å². The van der Waals surface area contributed by atoms with Gasteiger partial charge in [0.1, 0.15) is 11.4 Å². The van der Waals surface area contributed by atoms with Crippen molar-refractivity contribution in [3.05, 3.63) is 65.7 Å². The molecule has 6 rings (SSSR count). The average Bonchev–Trinajstić information content (AvgIpc) is 3.02. The quantitative estimate of drug-likeness (QED) is 0.288. The maximum absolute atomic E-state index is 12.3. The van der Waals surface area contributed by atoms with Gasteiger partial charge in [-0.2, -0.15) is 0 Å². The molecule has 0 aromatic heterocycles. The van der Waals surface area contributed by atoms with E-state index in [1.54, 1.807) is 12.1 Å². The van der Waals surface area contributed by atoms with Crippen LogP contribution in [0.5, 0.6) is 5.75 Å². The molecule has 0 heterocycles. The van der Waals surface area contributed by atoms with Gasteiger partial charge < -0.3 is 14.6 Å². The number of aromatic hydroxyl groups is 1. The van der Waals surface area contributed by atoms with Crippen molar-refractivity contribution in [2.24, 2.45) is 29.1 Å². The number of esters is 2. The van der Waals surface area contributed by atoms with E-state index in [-0.39, 0.29) is 24.1 Å². The molecule has 244 valence electrons. The maximum Gasteiger partial charge on any atom is 0.344 e. The molecule has 0 amide bonds. The smallest absolute Gasteiger partial charge is 0.344 e. The van der Waals surface area contributed by atoms with Gasteiger partial charge in [-0.1, -0.05) is 77.1 Å². The Kier molecular flexibility index (Phi) is 12.9. The van der Waals surface area contributed by atoms with Crippen LogP contribution in [0, 0.1) is 29.1 Å². The van der Waals surface area contributed by atoms with Gasteiger partial charge in [0, 0.05) is 0 Å². The van der Waals surface area contributed by atoms with Crippen LogP contribution in [-0.2, 0) is 19.1 Å². The first-order chi connectivity index (χ1) is 20.8. The van der Waals surface area contributed by atoms with Crippen LogP contribution < -0.4 is 0 Å². The second kappa shape index (κ2) is 16.0. The number of phenols is 1. The predicted octanol–water partition coefficient (Wildman–Crippen LogP) is 9.83. The summed E-state index contributed by atoms with van der Waals surface area (Å²) in [5.41, 5.74) is 1.85. The van der Waals surface area contributed by atoms with Crippen molar-refractivity contribution >= 4 is 11.9 Å². The van der Waals surface area contributed by atoms with Gasteiger partial charge in [-0.3, -0.25) is 4.79 Å². The summed E-state index contributed by atoms with van der Waals surface area (Å²) in [6.45, 7) is 16.3. The summed E-state index contributed by atoms with van der Waals surface area (Å²) in [7, 11) is 0. The van der Waals surface area contributed by atoms with Gasteiger partial charge in [0.15, 0.2) is 6.61 Å². The first-order valence-corrected chi connectivity index (χ1v) is 17.1. The highest BCUT2D eigenvalue weighted by Crippen LogP contribution is 2.59. The van der Waals surface area contributed by atoms with Crippen molar-refractivity contribution in [1.82, 2.24) is 0 Å². The molecule has 0 saturated heterocycles. The van der Waals surface area contributed by atoms with Crippen molar-refractivity contribution in [3.8, 4) is 5.75 Å². The maximum atomic E-state index is 12.3. The predicted molar refractivity (Wildman–Crippen MR) is 179 cm³/mol. The highest BCUT2D eigenvalue weighted by Gasteiger charge is 2.57. The van der Waals surface area contributed by atoms with E-state index in [1.807, 2.05) is 32.9 Å². The summed E-state index contributed by atoms with van der Waals surface area (Å²) >= 11 is 0. The van der Waals surface area contributed by atoms with Gasteiger partial charge in [-0.15, -0.1) is 0 Å². The molecule has 0 aliphatic heterocycles. The molecule has 2 aromatic carbocycles. The number of carbonyl (C=O) groups excluding carboxylic acids is 2. The van der Waals surface area contributed by atoms with Crippen molar-refractivity contribution in [1.29, 1.82) is 0 Å². The van der Waals surface area contributed by atoms with Crippen molar-refractivity contribution < 1.29 is 24.2 Å². The van der Waals surface area contributed by atoms with E-state index in [9.17, 15) is 9.59 Å². The number of hydrogen-bond donors (Lipinski definition) is 1. The minimum absolute atomic E-state index is 0.260. The van der Waals surface area contributed by atoms with Crippen molar-refractivity contribution in [3.63, 3.8) is 0 Å². The summed E-state index contributed by atoms with van der Waals surface area (Å²) in [5, 5.41) is 9.01. The zero-order chi connectivity index (χ0) is 32.5. The van der Waals surface area contributed by atoms with Crippen LogP contribution in [0.3, 0.4) is 0 Å². The summed E-state index contributed by atoms with van der Waals surface area (Å²) in [5.74, 6) is 3.59. The third-order valence-electron chi connectivity index (χ3n) is 10.9. The minimum atomic E-state index is -0.549. The van der Waals surface area contributed by atoms with E-state index in [2.05, 4.69) is 65.0 Å². The first-order valence-electron chi connectivity index (χ1n) is 17.1. The molecule has 4 saturated carbocycles. The third-order valence-corrected chi connectivity index (χ3v) is 10.9. The number of ether oxygens (including phenoxy) is 2. The Bertz CT molecular complexity index is 1140. The number of carbonyl (C=O) groups is 2. The SMILES string of the molecule is CCC(C)(C)C(=O)OCC(=O)OC1(C)C2CC3CC(C2)CC1C3.CCC(C)c1ccc(O)cc1.CCC(C)c1ccccc1. The standard InChI is InChI=1S/C19H30O4.C10H14O.C10H14/c1-5-18(2,3)17(21)22-11-16(20)23-19(4)14-7-12-6-13(9-14)10-15(19)8-12;1-3-8(2)9-4-6-10(11)7-5-9;1-3-9(2)10-7-5-4-6-8-10/h12-15H,5-11H2,1-4H3;4-8,11H,3H2,1-2H3;4-9H,3H2,1-2H3. The molecule has 5 heteroatoms. The van der Waals surface area contributed by atoms with E-state index in [0.717, 1.165) is 18.3 Å². The summed E-state index contributed by atoms with van der Waals surface area (Å²) in [6, 6.07) is 18.1. The van der Waals surface area contributed by atoms with Crippen LogP contribution in [0.4, 0.5) is 0 Å². The highest BCUT2D eigenvalue weighted by molar-refractivity contribution is 5.80. The van der Waals surface area contributed by atoms with Gasteiger partial charge in [0.2, 0.25) is 0 Å². The Balaban J connectivity index is 0.000000209. The van der Waals surface area contributed by atoms with Gasteiger partial charge in [0.05, 0.1) is 5.41 Å². The van der Waals surface area contributed by atoms with Crippen LogP contribution in [0.25, 0.3) is 0 Å². The Morgan fingerprint density at radius 3 is 1.75 bits per heavy atom. The normalized spacial score (nSPS) is 26.3. The summed E-state index contributed by atoms with van der Waals surface area (Å²) in [4.78, 5) is 24.2. The van der Waals surface area contributed by atoms with Crippen LogP contribution in [-0.4, -0.2) is 29.3 Å². The van der Waals surface area contributed by atoms with Crippen LogP contribution in [0.15, 0.2) is 54.6 Å². The Hall–Kier alpha value is -2.82. The van der Waals surface area contributed by atoms with E-state index in [4.69, 9.17) is 14.6 Å².